The lowest BCUT2D eigenvalue weighted by atomic mass is 9.81. The molecule has 4 nitrogen and oxygen atoms in total. The van der Waals surface area contributed by atoms with Crippen LogP contribution in [0.25, 0.3) is 0 Å². The zero-order chi connectivity index (χ0) is 9.90. The van der Waals surface area contributed by atoms with E-state index in [0.717, 1.165) is 13.1 Å². The molecule has 13 heavy (non-hydrogen) atoms. The van der Waals surface area contributed by atoms with Crippen LogP contribution in [0.2, 0.25) is 0 Å². The minimum absolute atomic E-state index is 0.161. The molecule has 1 heterocycles. The molecule has 4 heteroatoms. The Morgan fingerprint density at radius 2 is 2.46 bits per heavy atom. The number of rotatable bonds is 2. The first-order valence-electron chi connectivity index (χ1n) is 4.61. The molecule has 1 saturated heterocycles. The third-order valence-electron chi connectivity index (χ3n) is 2.99. The number of amides is 1. The fourth-order valence-electron chi connectivity index (χ4n) is 1.58. The summed E-state index contributed by atoms with van der Waals surface area (Å²) in [6.45, 7) is 7.03. The molecule has 0 aromatic heterocycles. The topological polar surface area (TPSA) is 50.4 Å². The van der Waals surface area contributed by atoms with Gasteiger partial charge in [0, 0.05) is 18.5 Å². The van der Waals surface area contributed by atoms with Gasteiger partial charge in [-0.25, -0.2) is 4.79 Å². The van der Waals surface area contributed by atoms with E-state index in [1.165, 1.54) is 7.11 Å². The fraction of sp³-hybridized carbons (Fsp3) is 0.889. The summed E-state index contributed by atoms with van der Waals surface area (Å²) in [7, 11) is 1.38. The second-order valence-corrected chi connectivity index (χ2v) is 4.03. The SMILES string of the molecule is COC(=O)NCC1(C)CNCC1C. The third kappa shape index (κ3) is 2.34. The van der Waals surface area contributed by atoms with Gasteiger partial charge in [0.15, 0.2) is 0 Å². The van der Waals surface area contributed by atoms with Crippen molar-refractivity contribution in [3.05, 3.63) is 0 Å². The van der Waals surface area contributed by atoms with Gasteiger partial charge in [0.1, 0.15) is 0 Å². The lowest BCUT2D eigenvalue weighted by Crippen LogP contribution is -2.39. The highest BCUT2D eigenvalue weighted by atomic mass is 16.5. The summed E-state index contributed by atoms with van der Waals surface area (Å²) in [4.78, 5) is 10.9. The quantitative estimate of drug-likeness (QED) is 0.663. The van der Waals surface area contributed by atoms with Crippen LogP contribution >= 0.6 is 0 Å². The van der Waals surface area contributed by atoms with Gasteiger partial charge in [-0.1, -0.05) is 13.8 Å². The molecular weight excluding hydrogens is 168 g/mol. The number of carbonyl (C=O) groups is 1. The summed E-state index contributed by atoms with van der Waals surface area (Å²) in [6, 6.07) is 0. The number of hydrogen-bond donors (Lipinski definition) is 2. The van der Waals surface area contributed by atoms with Crippen LogP contribution in [0.5, 0.6) is 0 Å². The Morgan fingerprint density at radius 3 is 2.92 bits per heavy atom. The normalized spacial score (nSPS) is 33.0. The van der Waals surface area contributed by atoms with Gasteiger partial charge in [-0.15, -0.1) is 0 Å². The summed E-state index contributed by atoms with van der Waals surface area (Å²) in [5.41, 5.74) is 0.161. The van der Waals surface area contributed by atoms with Gasteiger partial charge in [-0.3, -0.25) is 0 Å². The number of ether oxygens (including phenoxy) is 1. The molecule has 0 aliphatic carbocycles. The van der Waals surface area contributed by atoms with Crippen LogP contribution in [0.1, 0.15) is 13.8 Å². The minimum atomic E-state index is -0.347. The maximum Gasteiger partial charge on any atom is 0.406 e. The second-order valence-electron chi connectivity index (χ2n) is 4.03. The highest BCUT2D eigenvalue weighted by molar-refractivity contribution is 5.66. The van der Waals surface area contributed by atoms with Crippen LogP contribution in [-0.4, -0.2) is 32.8 Å². The smallest absolute Gasteiger partial charge is 0.406 e. The van der Waals surface area contributed by atoms with Crippen LogP contribution in [0.15, 0.2) is 0 Å². The number of alkyl carbamates (subject to hydrolysis) is 1. The van der Waals surface area contributed by atoms with Gasteiger partial charge < -0.3 is 15.4 Å². The zero-order valence-electron chi connectivity index (χ0n) is 8.52. The van der Waals surface area contributed by atoms with E-state index in [9.17, 15) is 4.79 Å². The van der Waals surface area contributed by atoms with E-state index in [-0.39, 0.29) is 11.5 Å². The zero-order valence-corrected chi connectivity index (χ0v) is 8.52. The maximum atomic E-state index is 10.9. The number of hydrogen-bond acceptors (Lipinski definition) is 3. The highest BCUT2D eigenvalue weighted by Gasteiger charge is 2.35. The molecule has 0 aromatic carbocycles. The van der Waals surface area contributed by atoms with E-state index < -0.39 is 0 Å². The molecule has 0 bridgehead atoms. The standard InChI is InChI=1S/C9H18N2O2/c1-7-4-10-5-9(7,2)6-11-8(12)13-3/h7,10H,4-6H2,1-3H3,(H,11,12). The van der Waals surface area contributed by atoms with E-state index in [1.807, 2.05) is 0 Å². The number of carbonyl (C=O) groups excluding carboxylic acids is 1. The fourth-order valence-corrected chi connectivity index (χ4v) is 1.58. The van der Waals surface area contributed by atoms with Crippen molar-refractivity contribution in [2.45, 2.75) is 13.8 Å². The van der Waals surface area contributed by atoms with Crippen LogP contribution in [0.4, 0.5) is 4.79 Å². The molecule has 2 atom stereocenters. The van der Waals surface area contributed by atoms with Gasteiger partial charge in [0.05, 0.1) is 7.11 Å². The van der Waals surface area contributed by atoms with Gasteiger partial charge in [-0.05, 0) is 12.5 Å². The predicted octanol–water partition coefficient (Wildman–Crippen LogP) is 0.588. The summed E-state index contributed by atoms with van der Waals surface area (Å²) in [6.07, 6.45) is -0.347. The third-order valence-corrected chi connectivity index (χ3v) is 2.99. The maximum absolute atomic E-state index is 10.9. The molecule has 0 aromatic rings. The lowest BCUT2D eigenvalue weighted by molar-refractivity contribution is 0.161. The molecule has 1 fully saturated rings. The van der Waals surface area contributed by atoms with Crippen LogP contribution in [-0.2, 0) is 4.74 Å². The molecule has 76 valence electrons. The van der Waals surface area contributed by atoms with Crippen molar-refractivity contribution in [1.82, 2.24) is 10.6 Å². The molecular formula is C9H18N2O2. The summed E-state index contributed by atoms with van der Waals surface area (Å²) < 4.78 is 4.52. The highest BCUT2D eigenvalue weighted by Crippen LogP contribution is 2.29. The molecule has 0 spiro atoms. The van der Waals surface area contributed by atoms with Gasteiger partial charge in [0.2, 0.25) is 0 Å². The van der Waals surface area contributed by atoms with Crippen molar-refractivity contribution >= 4 is 6.09 Å². The van der Waals surface area contributed by atoms with Crippen molar-refractivity contribution < 1.29 is 9.53 Å². The molecule has 1 rings (SSSR count). The van der Waals surface area contributed by atoms with E-state index in [0.29, 0.717) is 12.5 Å². The first-order valence-corrected chi connectivity index (χ1v) is 4.61. The van der Waals surface area contributed by atoms with E-state index >= 15 is 0 Å². The van der Waals surface area contributed by atoms with Crippen molar-refractivity contribution in [3.8, 4) is 0 Å². The van der Waals surface area contributed by atoms with Crippen molar-refractivity contribution in [2.24, 2.45) is 11.3 Å². The van der Waals surface area contributed by atoms with Crippen molar-refractivity contribution in [1.29, 1.82) is 0 Å². The Morgan fingerprint density at radius 1 is 1.77 bits per heavy atom. The first-order chi connectivity index (χ1) is 6.08. The first kappa shape index (κ1) is 10.3. The minimum Gasteiger partial charge on any atom is -0.453 e. The van der Waals surface area contributed by atoms with E-state index in [4.69, 9.17) is 0 Å². The van der Waals surface area contributed by atoms with Crippen LogP contribution < -0.4 is 10.6 Å². The molecule has 1 aliphatic heterocycles. The average molecular weight is 186 g/mol. The molecule has 2 N–H and O–H groups in total. The van der Waals surface area contributed by atoms with Gasteiger partial charge >= 0.3 is 6.09 Å². The van der Waals surface area contributed by atoms with Crippen molar-refractivity contribution in [3.63, 3.8) is 0 Å². The Balaban J connectivity index is 2.38. The average Bonchev–Trinajstić information content (AvgIpc) is 2.44. The van der Waals surface area contributed by atoms with Crippen LogP contribution in [0.3, 0.4) is 0 Å². The largest absolute Gasteiger partial charge is 0.453 e. The summed E-state index contributed by atoms with van der Waals surface area (Å²) >= 11 is 0. The summed E-state index contributed by atoms with van der Waals surface area (Å²) in [5.74, 6) is 0.588. The Bertz CT molecular complexity index is 196. The Kier molecular flexibility index (Phi) is 3.14. The molecule has 1 amide bonds. The number of methoxy groups -OCH3 is 1. The van der Waals surface area contributed by atoms with Crippen molar-refractivity contribution in [2.75, 3.05) is 26.7 Å². The van der Waals surface area contributed by atoms with Gasteiger partial charge in [-0.2, -0.15) is 0 Å². The summed E-state index contributed by atoms with van der Waals surface area (Å²) in [5, 5.41) is 6.06. The second kappa shape index (κ2) is 3.96. The molecule has 2 unspecified atom stereocenters. The molecule has 0 radical (unpaired) electrons. The van der Waals surface area contributed by atoms with E-state index in [2.05, 4.69) is 29.2 Å². The lowest BCUT2D eigenvalue weighted by Gasteiger charge is -2.27. The monoisotopic (exact) mass is 186 g/mol. The predicted molar refractivity (Wildman–Crippen MR) is 50.5 cm³/mol. The molecule has 1 aliphatic rings. The number of nitrogens with one attached hydrogen (secondary N) is 2. The van der Waals surface area contributed by atoms with Gasteiger partial charge in [0.25, 0.3) is 0 Å². The van der Waals surface area contributed by atoms with Crippen LogP contribution in [0, 0.1) is 11.3 Å². The Labute approximate surface area is 79.0 Å². The Hall–Kier alpha value is -0.770. The van der Waals surface area contributed by atoms with E-state index in [1.54, 1.807) is 0 Å². The molecule has 0 saturated carbocycles.